The molecular formula is C16H15N3O3S. The minimum absolute atomic E-state index is 0.152. The molecule has 6 nitrogen and oxygen atoms in total. The van der Waals surface area contributed by atoms with E-state index in [-0.39, 0.29) is 12.5 Å². The number of carbonyl (C=O) groups is 1. The summed E-state index contributed by atoms with van der Waals surface area (Å²) in [5, 5.41) is 10.3. The van der Waals surface area contributed by atoms with Crippen molar-refractivity contribution >= 4 is 22.9 Å². The number of anilines is 1. The van der Waals surface area contributed by atoms with E-state index in [2.05, 4.69) is 10.5 Å². The lowest BCUT2D eigenvalue weighted by molar-refractivity contribution is -0.116. The molecule has 3 rings (SSSR count). The van der Waals surface area contributed by atoms with E-state index in [1.807, 2.05) is 48.9 Å². The number of nitrogens with zero attached hydrogens (tertiary/aromatic N) is 2. The summed E-state index contributed by atoms with van der Waals surface area (Å²) in [6, 6.07) is 7.59. The van der Waals surface area contributed by atoms with Gasteiger partial charge in [0.05, 0.1) is 0 Å². The van der Waals surface area contributed by atoms with E-state index >= 15 is 0 Å². The molecule has 1 aromatic carbocycles. The molecule has 1 amide bonds. The summed E-state index contributed by atoms with van der Waals surface area (Å²) in [5.41, 5.74) is 3.45. The first-order valence-corrected chi connectivity index (χ1v) is 7.95. The molecule has 7 heteroatoms. The average Bonchev–Trinajstić information content (AvgIpc) is 3.14. The maximum Gasteiger partial charge on any atom is 0.442 e. The lowest BCUT2D eigenvalue weighted by Gasteiger charge is -2.11. The van der Waals surface area contributed by atoms with Gasteiger partial charge in [0.25, 0.3) is 0 Å². The third-order valence-corrected chi connectivity index (χ3v) is 4.20. The smallest absolute Gasteiger partial charge is 0.324 e. The van der Waals surface area contributed by atoms with Gasteiger partial charge in [-0.15, -0.1) is 0 Å². The molecule has 0 unspecified atom stereocenters. The van der Waals surface area contributed by atoms with Crippen molar-refractivity contribution < 1.29 is 9.32 Å². The second-order valence-corrected chi connectivity index (χ2v) is 5.97. The maximum absolute atomic E-state index is 12.3. The highest BCUT2D eigenvalue weighted by atomic mass is 32.1. The summed E-state index contributed by atoms with van der Waals surface area (Å²) in [6.45, 7) is 3.69. The number of carbonyl (C=O) groups excluding carboxylic acids is 1. The summed E-state index contributed by atoms with van der Waals surface area (Å²) < 4.78 is 5.93. The van der Waals surface area contributed by atoms with Crippen molar-refractivity contribution in [2.24, 2.45) is 0 Å². The number of thiophene rings is 1. The number of rotatable bonds is 4. The SMILES string of the molecule is Cc1cccc(C)c1NC(=O)Cn1c(-c2ccsc2)noc1=O. The Balaban J connectivity index is 1.84. The number of hydrogen-bond donors (Lipinski definition) is 1. The van der Waals surface area contributed by atoms with Gasteiger partial charge in [-0.2, -0.15) is 11.3 Å². The molecule has 0 aliphatic heterocycles. The van der Waals surface area contributed by atoms with E-state index in [0.29, 0.717) is 5.82 Å². The summed E-state index contributed by atoms with van der Waals surface area (Å²) in [6.07, 6.45) is 0. The third-order valence-electron chi connectivity index (χ3n) is 3.51. The van der Waals surface area contributed by atoms with Crippen molar-refractivity contribution in [1.29, 1.82) is 0 Å². The molecule has 0 fully saturated rings. The van der Waals surface area contributed by atoms with Crippen LogP contribution in [0.15, 0.2) is 44.3 Å². The molecule has 2 heterocycles. The molecule has 0 saturated heterocycles. The highest BCUT2D eigenvalue weighted by molar-refractivity contribution is 7.08. The zero-order chi connectivity index (χ0) is 16.4. The molecule has 0 aliphatic rings. The van der Waals surface area contributed by atoms with E-state index in [4.69, 9.17) is 4.52 Å². The van der Waals surface area contributed by atoms with E-state index < -0.39 is 5.76 Å². The van der Waals surface area contributed by atoms with Crippen LogP contribution in [0.3, 0.4) is 0 Å². The van der Waals surface area contributed by atoms with Gasteiger partial charge < -0.3 is 5.32 Å². The molecular weight excluding hydrogens is 314 g/mol. The summed E-state index contributed by atoms with van der Waals surface area (Å²) in [7, 11) is 0. The first-order valence-electron chi connectivity index (χ1n) is 7.01. The predicted molar refractivity (Wildman–Crippen MR) is 88.6 cm³/mol. The van der Waals surface area contributed by atoms with E-state index in [1.54, 1.807) is 0 Å². The Morgan fingerprint density at radius 1 is 1.30 bits per heavy atom. The summed E-state index contributed by atoms with van der Waals surface area (Å²) >= 11 is 1.48. The number of nitrogens with one attached hydrogen (secondary N) is 1. The number of amides is 1. The molecule has 23 heavy (non-hydrogen) atoms. The Labute approximate surface area is 136 Å². The zero-order valence-electron chi connectivity index (χ0n) is 12.7. The zero-order valence-corrected chi connectivity index (χ0v) is 13.5. The second kappa shape index (κ2) is 6.21. The average molecular weight is 329 g/mol. The minimum Gasteiger partial charge on any atom is -0.324 e. The number of benzene rings is 1. The van der Waals surface area contributed by atoms with Crippen LogP contribution < -0.4 is 11.1 Å². The molecule has 118 valence electrons. The largest absolute Gasteiger partial charge is 0.442 e. The standard InChI is InChI=1S/C16H15N3O3S/c1-10-4-3-5-11(2)14(10)17-13(20)8-19-15(18-22-16(19)21)12-6-7-23-9-12/h3-7,9H,8H2,1-2H3,(H,17,20). The number of aryl methyl sites for hydroxylation is 2. The summed E-state index contributed by atoms with van der Waals surface area (Å²) in [5.74, 6) is -0.597. The van der Waals surface area contributed by atoms with Crippen molar-refractivity contribution in [1.82, 2.24) is 9.72 Å². The van der Waals surface area contributed by atoms with Crippen molar-refractivity contribution in [2.75, 3.05) is 5.32 Å². The highest BCUT2D eigenvalue weighted by Gasteiger charge is 2.17. The van der Waals surface area contributed by atoms with Crippen molar-refractivity contribution in [3.63, 3.8) is 0 Å². The molecule has 3 aromatic rings. The Morgan fingerprint density at radius 2 is 2.04 bits per heavy atom. The molecule has 0 aliphatic carbocycles. The van der Waals surface area contributed by atoms with Crippen LogP contribution in [0.5, 0.6) is 0 Å². The van der Waals surface area contributed by atoms with Crippen LogP contribution in [-0.4, -0.2) is 15.6 Å². The normalized spacial score (nSPS) is 10.7. The highest BCUT2D eigenvalue weighted by Crippen LogP contribution is 2.21. The van der Waals surface area contributed by atoms with Crippen LogP contribution in [0.25, 0.3) is 11.4 Å². The Bertz CT molecular complexity index is 873. The lowest BCUT2D eigenvalue weighted by Crippen LogP contribution is -2.26. The van der Waals surface area contributed by atoms with Gasteiger partial charge >= 0.3 is 5.76 Å². The quantitative estimate of drug-likeness (QED) is 0.798. The second-order valence-electron chi connectivity index (χ2n) is 5.19. The first kappa shape index (κ1) is 15.2. The number of hydrogen-bond acceptors (Lipinski definition) is 5. The van der Waals surface area contributed by atoms with Crippen molar-refractivity contribution in [3.05, 3.63) is 56.7 Å². The molecule has 0 saturated carbocycles. The van der Waals surface area contributed by atoms with Crippen molar-refractivity contribution in [2.45, 2.75) is 20.4 Å². The predicted octanol–water partition coefficient (Wildman–Crippen LogP) is 2.82. The topological polar surface area (TPSA) is 77.1 Å². The van der Waals surface area contributed by atoms with Gasteiger partial charge in [0.2, 0.25) is 5.91 Å². The van der Waals surface area contributed by atoms with E-state index in [9.17, 15) is 9.59 Å². The van der Waals surface area contributed by atoms with Gasteiger partial charge in [0, 0.05) is 16.6 Å². The van der Waals surface area contributed by atoms with Crippen LogP contribution in [-0.2, 0) is 11.3 Å². The Hall–Kier alpha value is -2.67. The van der Waals surface area contributed by atoms with Gasteiger partial charge in [0.1, 0.15) is 6.54 Å². The molecule has 2 aromatic heterocycles. The minimum atomic E-state index is -0.650. The van der Waals surface area contributed by atoms with Gasteiger partial charge in [-0.25, -0.2) is 9.36 Å². The number of aromatic nitrogens is 2. The molecule has 0 bridgehead atoms. The van der Waals surface area contributed by atoms with E-state index in [0.717, 1.165) is 22.4 Å². The van der Waals surface area contributed by atoms with Gasteiger partial charge in [-0.3, -0.25) is 9.32 Å². The van der Waals surface area contributed by atoms with Crippen LogP contribution in [0.2, 0.25) is 0 Å². The van der Waals surface area contributed by atoms with Crippen LogP contribution in [0.4, 0.5) is 5.69 Å². The van der Waals surface area contributed by atoms with Gasteiger partial charge in [-0.05, 0) is 36.4 Å². The van der Waals surface area contributed by atoms with Crippen molar-refractivity contribution in [3.8, 4) is 11.4 Å². The molecule has 1 N–H and O–H groups in total. The molecule has 0 radical (unpaired) electrons. The van der Waals surface area contributed by atoms with Crippen LogP contribution >= 0.6 is 11.3 Å². The fourth-order valence-electron chi connectivity index (χ4n) is 2.34. The first-order chi connectivity index (χ1) is 11.1. The maximum atomic E-state index is 12.3. The summed E-state index contributed by atoms with van der Waals surface area (Å²) in [4.78, 5) is 24.1. The van der Waals surface area contributed by atoms with Gasteiger partial charge in [-0.1, -0.05) is 23.4 Å². The fraction of sp³-hybridized carbons (Fsp3) is 0.188. The fourth-order valence-corrected chi connectivity index (χ4v) is 2.98. The molecule has 0 spiro atoms. The third kappa shape index (κ3) is 3.09. The Kier molecular flexibility index (Phi) is 4.12. The molecule has 0 atom stereocenters. The van der Waals surface area contributed by atoms with E-state index in [1.165, 1.54) is 15.9 Å². The number of para-hydroxylation sites is 1. The van der Waals surface area contributed by atoms with Crippen LogP contribution in [0, 0.1) is 13.8 Å². The monoisotopic (exact) mass is 329 g/mol. The lowest BCUT2D eigenvalue weighted by atomic mass is 10.1. The Morgan fingerprint density at radius 3 is 2.70 bits per heavy atom. The van der Waals surface area contributed by atoms with Crippen LogP contribution in [0.1, 0.15) is 11.1 Å². The van der Waals surface area contributed by atoms with Gasteiger partial charge in [0.15, 0.2) is 5.82 Å².